The van der Waals surface area contributed by atoms with Crippen molar-refractivity contribution in [3.05, 3.63) is 29.8 Å². The Morgan fingerprint density at radius 2 is 1.75 bits per heavy atom. The van der Waals surface area contributed by atoms with Crippen molar-refractivity contribution < 1.29 is 9.59 Å². The van der Waals surface area contributed by atoms with E-state index in [-0.39, 0.29) is 24.3 Å². The highest BCUT2D eigenvalue weighted by atomic mass is 16.2. The van der Waals surface area contributed by atoms with Gasteiger partial charge in [-0.05, 0) is 37.0 Å². The predicted molar refractivity (Wildman–Crippen MR) is 79.5 cm³/mol. The highest BCUT2D eigenvalue weighted by Crippen LogP contribution is 2.17. The number of amides is 2. The van der Waals surface area contributed by atoms with Crippen molar-refractivity contribution >= 4 is 17.5 Å². The van der Waals surface area contributed by atoms with Crippen molar-refractivity contribution in [3.63, 3.8) is 0 Å². The lowest BCUT2D eigenvalue weighted by atomic mass is 10.1. The zero-order valence-corrected chi connectivity index (χ0v) is 11.9. The fourth-order valence-corrected chi connectivity index (χ4v) is 2.52. The smallest absolute Gasteiger partial charge is 0.233 e. The second-order valence-corrected chi connectivity index (χ2v) is 5.32. The van der Waals surface area contributed by atoms with Crippen LogP contribution in [0.1, 0.15) is 44.6 Å². The highest BCUT2D eigenvalue weighted by molar-refractivity contribution is 6.03. The number of hydrogen-bond acceptors (Lipinski definition) is 2. The van der Waals surface area contributed by atoms with E-state index in [1.54, 1.807) is 0 Å². The molecule has 20 heavy (non-hydrogen) atoms. The molecule has 0 heterocycles. The molecule has 0 aliphatic heterocycles. The van der Waals surface area contributed by atoms with Gasteiger partial charge in [-0.25, -0.2) is 0 Å². The highest BCUT2D eigenvalue weighted by Gasteiger charge is 2.18. The maximum absolute atomic E-state index is 11.8. The number of aryl methyl sites for hydroxylation is 1. The van der Waals surface area contributed by atoms with E-state index >= 15 is 0 Å². The molecule has 0 spiro atoms. The molecular weight excluding hydrogens is 252 g/mol. The Labute approximate surface area is 119 Å². The van der Waals surface area contributed by atoms with Crippen LogP contribution >= 0.6 is 0 Å². The minimum Gasteiger partial charge on any atom is -0.353 e. The predicted octanol–water partition coefficient (Wildman–Crippen LogP) is 2.64. The zero-order chi connectivity index (χ0) is 14.4. The van der Waals surface area contributed by atoms with Crippen LogP contribution in [0.15, 0.2) is 24.3 Å². The van der Waals surface area contributed by atoms with E-state index in [1.807, 2.05) is 24.3 Å². The molecule has 1 fully saturated rings. The molecule has 0 unspecified atom stereocenters. The van der Waals surface area contributed by atoms with Gasteiger partial charge in [0.2, 0.25) is 11.8 Å². The summed E-state index contributed by atoms with van der Waals surface area (Å²) < 4.78 is 0. The molecule has 0 bridgehead atoms. The van der Waals surface area contributed by atoms with Gasteiger partial charge in [0, 0.05) is 11.7 Å². The van der Waals surface area contributed by atoms with Crippen LogP contribution in [0.25, 0.3) is 0 Å². The van der Waals surface area contributed by atoms with Gasteiger partial charge in [-0.2, -0.15) is 0 Å². The van der Waals surface area contributed by atoms with Crippen molar-refractivity contribution in [2.45, 2.75) is 51.5 Å². The number of benzene rings is 1. The van der Waals surface area contributed by atoms with Crippen LogP contribution in [0.3, 0.4) is 0 Å². The first kappa shape index (κ1) is 14.6. The van der Waals surface area contributed by atoms with Crippen LogP contribution in [0.4, 0.5) is 5.69 Å². The SMILES string of the molecule is CCc1ccc(NC(=O)CC(=O)NC2CCCC2)cc1. The first-order chi connectivity index (χ1) is 9.67. The van der Waals surface area contributed by atoms with Crippen LogP contribution < -0.4 is 10.6 Å². The Morgan fingerprint density at radius 3 is 2.35 bits per heavy atom. The molecular formula is C16H22N2O2. The average molecular weight is 274 g/mol. The first-order valence-corrected chi connectivity index (χ1v) is 7.35. The number of nitrogens with one attached hydrogen (secondary N) is 2. The maximum Gasteiger partial charge on any atom is 0.233 e. The summed E-state index contributed by atoms with van der Waals surface area (Å²) in [5, 5.41) is 5.66. The normalized spacial score (nSPS) is 15.1. The van der Waals surface area contributed by atoms with Crippen LogP contribution in [0, 0.1) is 0 Å². The molecule has 1 aromatic rings. The number of anilines is 1. The van der Waals surface area contributed by atoms with Gasteiger partial charge in [0.25, 0.3) is 0 Å². The van der Waals surface area contributed by atoms with Crippen molar-refractivity contribution in [2.75, 3.05) is 5.32 Å². The van der Waals surface area contributed by atoms with E-state index < -0.39 is 0 Å². The number of carbonyl (C=O) groups excluding carboxylic acids is 2. The summed E-state index contributed by atoms with van der Waals surface area (Å²) in [5.74, 6) is -0.440. The summed E-state index contributed by atoms with van der Waals surface area (Å²) >= 11 is 0. The minimum atomic E-state index is -0.259. The van der Waals surface area contributed by atoms with Gasteiger partial charge in [-0.1, -0.05) is 31.9 Å². The zero-order valence-electron chi connectivity index (χ0n) is 11.9. The Morgan fingerprint density at radius 1 is 1.10 bits per heavy atom. The van der Waals surface area contributed by atoms with E-state index in [4.69, 9.17) is 0 Å². The van der Waals surface area contributed by atoms with Crippen molar-refractivity contribution in [3.8, 4) is 0 Å². The lowest BCUT2D eigenvalue weighted by molar-refractivity contribution is -0.127. The molecule has 2 rings (SSSR count). The largest absolute Gasteiger partial charge is 0.353 e. The summed E-state index contributed by atoms with van der Waals surface area (Å²) in [4.78, 5) is 23.5. The van der Waals surface area contributed by atoms with Crippen molar-refractivity contribution in [1.29, 1.82) is 0 Å². The van der Waals surface area contributed by atoms with Crippen LogP contribution in [0.2, 0.25) is 0 Å². The van der Waals surface area contributed by atoms with E-state index in [0.29, 0.717) is 0 Å². The van der Waals surface area contributed by atoms with Crippen molar-refractivity contribution in [1.82, 2.24) is 5.32 Å². The molecule has 4 nitrogen and oxygen atoms in total. The molecule has 0 aromatic heterocycles. The Hall–Kier alpha value is -1.84. The molecule has 1 aromatic carbocycles. The summed E-state index contributed by atoms with van der Waals surface area (Å²) in [6.07, 6.45) is 5.27. The van der Waals surface area contributed by atoms with Gasteiger partial charge in [0.05, 0.1) is 0 Å². The quantitative estimate of drug-likeness (QED) is 0.811. The van der Waals surface area contributed by atoms with Gasteiger partial charge in [0.15, 0.2) is 0 Å². The van der Waals surface area contributed by atoms with Gasteiger partial charge in [-0.15, -0.1) is 0 Å². The second-order valence-electron chi connectivity index (χ2n) is 5.32. The van der Waals surface area contributed by atoms with Crippen LogP contribution in [-0.2, 0) is 16.0 Å². The Balaban J connectivity index is 1.77. The topological polar surface area (TPSA) is 58.2 Å². The summed E-state index contributed by atoms with van der Waals surface area (Å²) in [6.45, 7) is 2.08. The van der Waals surface area contributed by atoms with Gasteiger partial charge in [0.1, 0.15) is 6.42 Å². The summed E-state index contributed by atoms with van der Waals surface area (Å²) in [7, 11) is 0. The molecule has 108 valence electrons. The third kappa shape index (κ3) is 4.37. The van der Waals surface area contributed by atoms with Crippen molar-refractivity contribution in [2.24, 2.45) is 0 Å². The Kier molecular flexibility index (Phi) is 5.16. The molecule has 0 radical (unpaired) electrons. The molecule has 2 amide bonds. The molecule has 0 atom stereocenters. The second kappa shape index (κ2) is 7.08. The number of rotatable bonds is 5. The standard InChI is InChI=1S/C16H22N2O2/c1-2-12-7-9-14(10-8-12)18-16(20)11-15(19)17-13-5-3-4-6-13/h7-10,13H,2-6,11H2,1H3,(H,17,19)(H,18,20). The number of hydrogen-bond donors (Lipinski definition) is 2. The lowest BCUT2D eigenvalue weighted by Crippen LogP contribution is -2.35. The number of carbonyl (C=O) groups is 2. The first-order valence-electron chi connectivity index (χ1n) is 7.35. The average Bonchev–Trinajstić information content (AvgIpc) is 2.92. The Bertz CT molecular complexity index is 462. The van der Waals surface area contributed by atoms with E-state index in [2.05, 4.69) is 17.6 Å². The fraction of sp³-hybridized carbons (Fsp3) is 0.500. The molecule has 4 heteroatoms. The lowest BCUT2D eigenvalue weighted by Gasteiger charge is -2.11. The third-order valence-corrected chi connectivity index (χ3v) is 3.69. The molecule has 1 saturated carbocycles. The van der Waals surface area contributed by atoms with E-state index in [9.17, 15) is 9.59 Å². The summed E-state index contributed by atoms with van der Waals surface area (Å²) in [5.41, 5.74) is 1.96. The van der Waals surface area contributed by atoms with Crippen LogP contribution in [0.5, 0.6) is 0 Å². The summed E-state index contributed by atoms with van der Waals surface area (Å²) in [6, 6.07) is 7.96. The maximum atomic E-state index is 11.8. The monoisotopic (exact) mass is 274 g/mol. The third-order valence-electron chi connectivity index (χ3n) is 3.69. The molecule has 1 aliphatic carbocycles. The van der Waals surface area contributed by atoms with Gasteiger partial charge >= 0.3 is 0 Å². The molecule has 2 N–H and O–H groups in total. The minimum absolute atomic E-state index is 0.105. The van der Waals surface area contributed by atoms with E-state index in [1.165, 1.54) is 18.4 Å². The van der Waals surface area contributed by atoms with Gasteiger partial charge < -0.3 is 10.6 Å². The molecule has 0 saturated heterocycles. The van der Waals surface area contributed by atoms with E-state index in [0.717, 1.165) is 24.9 Å². The fourth-order valence-electron chi connectivity index (χ4n) is 2.52. The molecule has 1 aliphatic rings. The van der Waals surface area contributed by atoms with Gasteiger partial charge in [-0.3, -0.25) is 9.59 Å². The van der Waals surface area contributed by atoms with Crippen LogP contribution in [-0.4, -0.2) is 17.9 Å².